The zero-order valence-corrected chi connectivity index (χ0v) is 11.3. The van der Waals surface area contributed by atoms with Crippen molar-refractivity contribution in [1.82, 2.24) is 5.32 Å². The molecule has 0 aliphatic carbocycles. The second-order valence-electron chi connectivity index (χ2n) is 4.20. The molecular formula is C12H18BrNO2. The first kappa shape index (κ1) is 12.1. The lowest BCUT2D eigenvalue weighted by atomic mass is 9.91. The van der Waals surface area contributed by atoms with Gasteiger partial charge in [-0.2, -0.15) is 0 Å². The van der Waals surface area contributed by atoms with Gasteiger partial charge in [-0.3, -0.25) is 0 Å². The van der Waals surface area contributed by atoms with Gasteiger partial charge in [0.2, 0.25) is 0 Å². The Morgan fingerprint density at radius 2 is 2.44 bits per heavy atom. The van der Waals surface area contributed by atoms with E-state index in [4.69, 9.17) is 9.15 Å². The quantitative estimate of drug-likeness (QED) is 0.924. The molecule has 0 saturated carbocycles. The maximum Gasteiger partial charge on any atom is 0.135 e. The van der Waals surface area contributed by atoms with Crippen LogP contribution >= 0.6 is 15.9 Å². The number of ether oxygens (including phenoxy) is 1. The van der Waals surface area contributed by atoms with Crippen molar-refractivity contribution in [2.45, 2.75) is 32.4 Å². The van der Waals surface area contributed by atoms with Crippen molar-refractivity contribution in [1.29, 1.82) is 0 Å². The molecule has 1 saturated heterocycles. The summed E-state index contributed by atoms with van der Waals surface area (Å²) in [6.07, 6.45) is 3.11. The Labute approximate surface area is 105 Å². The van der Waals surface area contributed by atoms with Gasteiger partial charge in [0, 0.05) is 12.5 Å². The summed E-state index contributed by atoms with van der Waals surface area (Å²) in [5.41, 5.74) is 0. The van der Waals surface area contributed by atoms with E-state index < -0.39 is 0 Å². The fourth-order valence-electron chi connectivity index (χ4n) is 2.37. The smallest absolute Gasteiger partial charge is 0.135 e. The predicted octanol–water partition coefficient (Wildman–Crippen LogP) is 3.12. The lowest BCUT2D eigenvalue weighted by Gasteiger charge is -2.25. The van der Waals surface area contributed by atoms with Crippen LogP contribution in [0.1, 0.15) is 32.1 Å². The average molecular weight is 288 g/mol. The Bertz CT molecular complexity index is 340. The summed E-state index contributed by atoms with van der Waals surface area (Å²) in [4.78, 5) is 0. The third-order valence-corrected chi connectivity index (χ3v) is 3.87. The molecule has 90 valence electrons. The van der Waals surface area contributed by atoms with Crippen LogP contribution in [0.3, 0.4) is 0 Å². The van der Waals surface area contributed by atoms with E-state index >= 15 is 0 Å². The Morgan fingerprint density at radius 1 is 1.62 bits per heavy atom. The highest BCUT2D eigenvalue weighted by molar-refractivity contribution is 9.10. The van der Waals surface area contributed by atoms with E-state index in [0.717, 1.165) is 29.8 Å². The molecule has 3 nitrogen and oxygen atoms in total. The zero-order valence-electron chi connectivity index (χ0n) is 9.70. The minimum Gasteiger partial charge on any atom is -0.466 e. The summed E-state index contributed by atoms with van der Waals surface area (Å²) in [6, 6.07) is 2.19. The van der Waals surface area contributed by atoms with Crippen LogP contribution in [0, 0.1) is 5.92 Å². The Kier molecular flexibility index (Phi) is 4.05. The van der Waals surface area contributed by atoms with Crippen LogP contribution in [-0.4, -0.2) is 19.3 Å². The number of hydrogen-bond donors (Lipinski definition) is 1. The Hall–Kier alpha value is -0.320. The zero-order chi connectivity index (χ0) is 11.5. The lowest BCUT2D eigenvalue weighted by Crippen LogP contribution is -2.31. The molecule has 1 aliphatic rings. The summed E-state index contributed by atoms with van der Waals surface area (Å²) in [5, 5.41) is 3.49. The summed E-state index contributed by atoms with van der Waals surface area (Å²) < 4.78 is 12.2. The minimum atomic E-state index is 0.242. The van der Waals surface area contributed by atoms with Gasteiger partial charge in [0.25, 0.3) is 0 Å². The number of furan rings is 1. The predicted molar refractivity (Wildman–Crippen MR) is 66.3 cm³/mol. The maximum atomic E-state index is 5.63. The van der Waals surface area contributed by atoms with Gasteiger partial charge in [-0.15, -0.1) is 0 Å². The topological polar surface area (TPSA) is 34.4 Å². The molecule has 2 heterocycles. The van der Waals surface area contributed by atoms with Crippen molar-refractivity contribution in [3.63, 3.8) is 0 Å². The fraction of sp³-hybridized carbons (Fsp3) is 0.667. The molecule has 2 rings (SSSR count). The van der Waals surface area contributed by atoms with Crippen LogP contribution in [0.5, 0.6) is 0 Å². The largest absolute Gasteiger partial charge is 0.466 e. The van der Waals surface area contributed by atoms with Gasteiger partial charge >= 0.3 is 0 Å². The van der Waals surface area contributed by atoms with Crippen LogP contribution in [0.2, 0.25) is 0 Å². The van der Waals surface area contributed by atoms with Crippen LogP contribution in [0.25, 0.3) is 0 Å². The monoisotopic (exact) mass is 287 g/mol. The van der Waals surface area contributed by atoms with Crippen molar-refractivity contribution in [3.05, 3.63) is 22.6 Å². The van der Waals surface area contributed by atoms with E-state index in [1.165, 1.54) is 0 Å². The summed E-state index contributed by atoms with van der Waals surface area (Å²) in [7, 11) is 0. The first-order valence-electron chi connectivity index (χ1n) is 5.82. The highest BCUT2D eigenvalue weighted by atomic mass is 79.9. The fourth-order valence-corrected chi connectivity index (χ4v) is 2.82. The SMILES string of the molecule is CCNC(c1occc1Br)C1CCOC1C. The van der Waals surface area contributed by atoms with Crippen molar-refractivity contribution in [2.24, 2.45) is 5.92 Å². The molecule has 1 aromatic heterocycles. The van der Waals surface area contributed by atoms with Gasteiger partial charge in [-0.1, -0.05) is 6.92 Å². The highest BCUT2D eigenvalue weighted by Gasteiger charge is 2.34. The Morgan fingerprint density at radius 3 is 2.94 bits per heavy atom. The Balaban J connectivity index is 2.20. The van der Waals surface area contributed by atoms with Crippen LogP contribution in [0.15, 0.2) is 21.2 Å². The van der Waals surface area contributed by atoms with E-state index in [1.54, 1.807) is 6.26 Å². The van der Waals surface area contributed by atoms with Gasteiger partial charge in [0.15, 0.2) is 0 Å². The van der Waals surface area contributed by atoms with E-state index in [-0.39, 0.29) is 6.04 Å². The third kappa shape index (κ3) is 2.34. The van der Waals surface area contributed by atoms with Crippen molar-refractivity contribution in [3.8, 4) is 0 Å². The highest BCUT2D eigenvalue weighted by Crippen LogP contribution is 2.36. The first-order chi connectivity index (χ1) is 7.74. The standard InChI is InChI=1S/C12H18BrNO2/c1-3-14-11(9-4-6-15-8(9)2)12-10(13)5-7-16-12/h5,7-9,11,14H,3-4,6H2,1-2H3. The molecular weight excluding hydrogens is 270 g/mol. The molecule has 0 bridgehead atoms. The number of halogens is 1. The molecule has 1 fully saturated rings. The lowest BCUT2D eigenvalue weighted by molar-refractivity contribution is 0.0926. The second kappa shape index (κ2) is 5.34. The van der Waals surface area contributed by atoms with Crippen LogP contribution < -0.4 is 5.32 Å². The van der Waals surface area contributed by atoms with Gasteiger partial charge < -0.3 is 14.5 Å². The summed E-state index contributed by atoms with van der Waals surface area (Å²) in [5.74, 6) is 1.48. The molecule has 1 aromatic rings. The van der Waals surface area contributed by atoms with Crippen molar-refractivity contribution < 1.29 is 9.15 Å². The van der Waals surface area contributed by atoms with Crippen LogP contribution in [-0.2, 0) is 4.74 Å². The molecule has 0 aromatic carbocycles. The third-order valence-electron chi connectivity index (χ3n) is 3.21. The van der Waals surface area contributed by atoms with Crippen LogP contribution in [0.4, 0.5) is 0 Å². The molecule has 16 heavy (non-hydrogen) atoms. The first-order valence-corrected chi connectivity index (χ1v) is 6.61. The normalized spacial score (nSPS) is 27.2. The van der Waals surface area contributed by atoms with Gasteiger partial charge in [0.05, 0.1) is 22.9 Å². The minimum absolute atomic E-state index is 0.242. The molecule has 0 spiro atoms. The molecule has 3 unspecified atom stereocenters. The van der Waals surface area contributed by atoms with Gasteiger partial charge in [-0.05, 0) is 41.9 Å². The second-order valence-corrected chi connectivity index (χ2v) is 5.05. The van der Waals surface area contributed by atoms with Crippen molar-refractivity contribution in [2.75, 3.05) is 13.2 Å². The van der Waals surface area contributed by atoms with Gasteiger partial charge in [0.1, 0.15) is 5.76 Å². The van der Waals surface area contributed by atoms with Gasteiger partial charge in [-0.25, -0.2) is 0 Å². The maximum absolute atomic E-state index is 5.63. The molecule has 0 radical (unpaired) electrons. The van der Waals surface area contributed by atoms with E-state index in [0.29, 0.717) is 12.0 Å². The van der Waals surface area contributed by atoms with E-state index in [2.05, 4.69) is 35.1 Å². The van der Waals surface area contributed by atoms with E-state index in [1.807, 2.05) is 6.07 Å². The summed E-state index contributed by atoms with van der Waals surface area (Å²) >= 11 is 3.53. The number of nitrogens with one attached hydrogen (secondary N) is 1. The average Bonchev–Trinajstić information content (AvgIpc) is 2.84. The molecule has 1 aliphatic heterocycles. The number of rotatable bonds is 4. The molecule has 1 N–H and O–H groups in total. The number of hydrogen-bond acceptors (Lipinski definition) is 3. The molecule has 3 atom stereocenters. The molecule has 0 amide bonds. The summed E-state index contributed by atoms with van der Waals surface area (Å²) in [6.45, 7) is 6.04. The molecule has 4 heteroatoms. The van der Waals surface area contributed by atoms with Crippen molar-refractivity contribution >= 4 is 15.9 Å². The van der Waals surface area contributed by atoms with E-state index in [9.17, 15) is 0 Å².